The molecule has 18 heavy (non-hydrogen) atoms. The molecule has 1 unspecified atom stereocenters. The van der Waals surface area contributed by atoms with Crippen LogP contribution in [-0.4, -0.2) is 78.3 Å². The van der Waals surface area contributed by atoms with Gasteiger partial charge < -0.3 is 19.6 Å². The normalized spacial score (nSPS) is 19.7. The highest BCUT2D eigenvalue weighted by atomic mass is 32.2. The van der Waals surface area contributed by atoms with Gasteiger partial charge in [0.2, 0.25) is 0 Å². The summed E-state index contributed by atoms with van der Waals surface area (Å²) in [6.07, 6.45) is 1.54. The van der Waals surface area contributed by atoms with Crippen molar-refractivity contribution in [3.63, 3.8) is 0 Å². The Bertz CT molecular complexity index is 301. The number of hydrogen-bond donors (Lipinski definition) is 1. The number of ether oxygens (including phenoxy) is 1. The SMILES string of the molecule is CSCCN(C)C(=O)N1CCOC(CC(=O)O)C1. The summed E-state index contributed by atoms with van der Waals surface area (Å²) in [5.41, 5.74) is 0. The van der Waals surface area contributed by atoms with E-state index in [0.29, 0.717) is 26.2 Å². The van der Waals surface area contributed by atoms with Gasteiger partial charge in [0.25, 0.3) is 0 Å². The van der Waals surface area contributed by atoms with E-state index in [4.69, 9.17) is 9.84 Å². The lowest BCUT2D eigenvalue weighted by molar-refractivity contribution is -0.141. The third-order valence-corrected chi connectivity index (χ3v) is 3.36. The van der Waals surface area contributed by atoms with Crippen LogP contribution in [0.3, 0.4) is 0 Å². The number of carbonyl (C=O) groups is 2. The van der Waals surface area contributed by atoms with Crippen LogP contribution in [0.5, 0.6) is 0 Å². The van der Waals surface area contributed by atoms with Crippen LogP contribution in [0.4, 0.5) is 4.79 Å². The largest absolute Gasteiger partial charge is 0.481 e. The number of urea groups is 1. The smallest absolute Gasteiger partial charge is 0.319 e. The molecule has 1 aliphatic heterocycles. The molecule has 1 saturated heterocycles. The molecule has 1 aliphatic rings. The summed E-state index contributed by atoms with van der Waals surface area (Å²) in [5.74, 6) is -0.00413. The molecule has 1 fully saturated rings. The van der Waals surface area contributed by atoms with E-state index >= 15 is 0 Å². The molecule has 0 aliphatic carbocycles. The molecule has 104 valence electrons. The topological polar surface area (TPSA) is 70.1 Å². The number of hydrogen-bond acceptors (Lipinski definition) is 4. The molecule has 0 aromatic rings. The summed E-state index contributed by atoms with van der Waals surface area (Å²) in [6.45, 7) is 1.98. The lowest BCUT2D eigenvalue weighted by Crippen LogP contribution is -2.50. The van der Waals surface area contributed by atoms with E-state index in [0.717, 1.165) is 5.75 Å². The molecular weight excluding hydrogens is 256 g/mol. The molecule has 1 atom stereocenters. The quantitative estimate of drug-likeness (QED) is 0.795. The third kappa shape index (κ3) is 4.73. The Morgan fingerprint density at radius 3 is 2.89 bits per heavy atom. The number of amides is 2. The summed E-state index contributed by atoms with van der Waals surface area (Å²) >= 11 is 1.69. The van der Waals surface area contributed by atoms with Crippen molar-refractivity contribution >= 4 is 23.8 Å². The lowest BCUT2D eigenvalue weighted by atomic mass is 10.2. The van der Waals surface area contributed by atoms with Crippen LogP contribution in [0.15, 0.2) is 0 Å². The summed E-state index contributed by atoms with van der Waals surface area (Å²) in [7, 11) is 1.76. The standard InChI is InChI=1S/C11H20N2O4S/c1-12(4-6-18-2)11(16)13-3-5-17-9(8-13)7-10(14)15/h9H,3-8H2,1-2H3,(H,14,15). The van der Waals surface area contributed by atoms with Gasteiger partial charge in [0.15, 0.2) is 0 Å². The molecule has 1 rings (SSSR count). The van der Waals surface area contributed by atoms with Gasteiger partial charge in [-0.25, -0.2) is 4.79 Å². The van der Waals surface area contributed by atoms with E-state index in [-0.39, 0.29) is 12.5 Å². The van der Waals surface area contributed by atoms with E-state index in [1.165, 1.54) is 0 Å². The Morgan fingerprint density at radius 1 is 1.56 bits per heavy atom. The van der Waals surface area contributed by atoms with Crippen molar-refractivity contribution in [1.29, 1.82) is 0 Å². The zero-order valence-corrected chi connectivity index (χ0v) is 11.6. The van der Waals surface area contributed by atoms with Gasteiger partial charge in [-0.2, -0.15) is 11.8 Å². The van der Waals surface area contributed by atoms with Crippen LogP contribution < -0.4 is 0 Å². The van der Waals surface area contributed by atoms with Gasteiger partial charge in [0, 0.05) is 32.4 Å². The summed E-state index contributed by atoms with van der Waals surface area (Å²) in [4.78, 5) is 26.0. The Labute approximate surface area is 111 Å². The van der Waals surface area contributed by atoms with Crippen LogP contribution in [0, 0.1) is 0 Å². The molecule has 0 aromatic carbocycles. The van der Waals surface area contributed by atoms with E-state index in [2.05, 4.69) is 0 Å². The first-order valence-electron chi connectivity index (χ1n) is 5.87. The minimum Gasteiger partial charge on any atom is -0.481 e. The summed E-state index contributed by atoms with van der Waals surface area (Å²) in [5, 5.41) is 8.72. The number of thioether (sulfide) groups is 1. The minimum atomic E-state index is -0.898. The molecule has 2 amide bonds. The van der Waals surface area contributed by atoms with Crippen molar-refractivity contribution in [1.82, 2.24) is 9.80 Å². The van der Waals surface area contributed by atoms with E-state index < -0.39 is 12.1 Å². The second-order valence-corrected chi connectivity index (χ2v) is 5.22. The predicted octanol–water partition coefficient (Wildman–Crippen LogP) is 0.577. The Hall–Kier alpha value is -0.950. The van der Waals surface area contributed by atoms with Crippen molar-refractivity contribution in [3.8, 4) is 0 Å². The van der Waals surface area contributed by atoms with Crippen molar-refractivity contribution in [3.05, 3.63) is 0 Å². The minimum absolute atomic E-state index is 0.0530. The van der Waals surface area contributed by atoms with Crippen LogP contribution >= 0.6 is 11.8 Å². The fourth-order valence-corrected chi connectivity index (χ4v) is 2.23. The second-order valence-electron chi connectivity index (χ2n) is 4.23. The number of rotatable bonds is 5. The van der Waals surface area contributed by atoms with Crippen molar-refractivity contribution in [2.45, 2.75) is 12.5 Å². The maximum absolute atomic E-state index is 12.1. The van der Waals surface area contributed by atoms with Crippen molar-refractivity contribution < 1.29 is 19.4 Å². The highest BCUT2D eigenvalue weighted by molar-refractivity contribution is 7.98. The molecule has 0 spiro atoms. The summed E-state index contributed by atoms with van der Waals surface area (Å²) in [6, 6.07) is -0.0530. The van der Waals surface area contributed by atoms with Gasteiger partial charge in [-0.1, -0.05) is 0 Å². The highest BCUT2D eigenvalue weighted by Gasteiger charge is 2.27. The van der Waals surface area contributed by atoms with Gasteiger partial charge in [-0.15, -0.1) is 0 Å². The average Bonchev–Trinajstić information content (AvgIpc) is 2.34. The zero-order chi connectivity index (χ0) is 13.5. The number of nitrogens with zero attached hydrogens (tertiary/aromatic N) is 2. The number of carbonyl (C=O) groups excluding carboxylic acids is 1. The fourth-order valence-electron chi connectivity index (χ4n) is 1.78. The van der Waals surface area contributed by atoms with Crippen molar-refractivity contribution in [2.24, 2.45) is 0 Å². The monoisotopic (exact) mass is 276 g/mol. The molecule has 0 radical (unpaired) electrons. The maximum Gasteiger partial charge on any atom is 0.319 e. The van der Waals surface area contributed by atoms with Crippen LogP contribution in [0.25, 0.3) is 0 Å². The average molecular weight is 276 g/mol. The van der Waals surface area contributed by atoms with Crippen LogP contribution in [0.2, 0.25) is 0 Å². The summed E-state index contributed by atoms with van der Waals surface area (Å²) < 4.78 is 5.33. The first kappa shape index (κ1) is 15.1. The third-order valence-electron chi connectivity index (χ3n) is 2.77. The Morgan fingerprint density at radius 2 is 2.28 bits per heavy atom. The van der Waals surface area contributed by atoms with Gasteiger partial charge in [-0.3, -0.25) is 4.79 Å². The molecule has 1 heterocycles. The maximum atomic E-state index is 12.1. The predicted molar refractivity (Wildman–Crippen MR) is 70.0 cm³/mol. The van der Waals surface area contributed by atoms with Gasteiger partial charge in [0.1, 0.15) is 0 Å². The van der Waals surface area contributed by atoms with Gasteiger partial charge in [-0.05, 0) is 6.26 Å². The molecular formula is C11H20N2O4S. The molecule has 0 aromatic heterocycles. The first-order chi connectivity index (χ1) is 8.54. The van der Waals surface area contributed by atoms with Gasteiger partial charge in [0.05, 0.1) is 19.1 Å². The van der Waals surface area contributed by atoms with Crippen LogP contribution in [0.1, 0.15) is 6.42 Å². The number of carboxylic acid groups (broad SMARTS) is 1. The molecule has 0 bridgehead atoms. The Balaban J connectivity index is 2.44. The molecule has 6 nitrogen and oxygen atoms in total. The number of carboxylic acids is 1. The number of aliphatic carboxylic acids is 1. The molecule has 7 heteroatoms. The lowest BCUT2D eigenvalue weighted by Gasteiger charge is -2.34. The zero-order valence-electron chi connectivity index (χ0n) is 10.8. The number of morpholine rings is 1. The molecule has 0 saturated carbocycles. The Kier molecular flexibility index (Phi) is 6.28. The highest BCUT2D eigenvalue weighted by Crippen LogP contribution is 2.11. The van der Waals surface area contributed by atoms with Crippen molar-refractivity contribution in [2.75, 3.05) is 45.3 Å². The second kappa shape index (κ2) is 7.48. The first-order valence-corrected chi connectivity index (χ1v) is 7.26. The van der Waals surface area contributed by atoms with E-state index in [1.807, 2.05) is 6.26 Å². The van der Waals surface area contributed by atoms with E-state index in [9.17, 15) is 9.59 Å². The van der Waals surface area contributed by atoms with Gasteiger partial charge >= 0.3 is 12.0 Å². The molecule has 1 N–H and O–H groups in total. The van der Waals surface area contributed by atoms with Crippen LogP contribution in [-0.2, 0) is 9.53 Å². The fraction of sp³-hybridized carbons (Fsp3) is 0.818. The van der Waals surface area contributed by atoms with E-state index in [1.54, 1.807) is 28.6 Å².